The molecular formula is C92H53Cl5N8. The van der Waals surface area contributed by atoms with Gasteiger partial charge in [-0.3, -0.25) is 19.9 Å². The summed E-state index contributed by atoms with van der Waals surface area (Å²) in [6, 6.07) is 99.8. The molecule has 13 heteroatoms. The number of halogens is 5. The van der Waals surface area contributed by atoms with Crippen LogP contribution in [-0.2, 0) is 0 Å². The zero-order valence-corrected chi connectivity index (χ0v) is 59.3. The molecule has 21 rings (SSSR count). The molecule has 17 aromatic carbocycles. The van der Waals surface area contributed by atoms with Gasteiger partial charge in [0, 0.05) is 95.8 Å². The summed E-state index contributed by atoms with van der Waals surface area (Å²) < 4.78 is 0. The Bertz CT molecular complexity index is 6920. The van der Waals surface area contributed by atoms with Gasteiger partial charge in [0.05, 0.1) is 91.7 Å². The number of hydrogen-bond acceptors (Lipinski definition) is 8. The summed E-state index contributed by atoms with van der Waals surface area (Å²) in [5.74, 6) is 0. The Morgan fingerprint density at radius 2 is 0.457 bits per heavy atom. The van der Waals surface area contributed by atoms with E-state index in [0.29, 0.717) is 20.1 Å². The molecule has 0 fully saturated rings. The molecule has 0 radical (unpaired) electrons. The average molecular weight is 1450 g/mol. The van der Waals surface area contributed by atoms with E-state index in [-0.39, 0.29) is 0 Å². The summed E-state index contributed by atoms with van der Waals surface area (Å²) in [7, 11) is 0. The zero-order chi connectivity index (χ0) is 70.7. The van der Waals surface area contributed by atoms with Crippen LogP contribution >= 0.6 is 58.0 Å². The number of hydrogen-bond donors (Lipinski definition) is 0. The van der Waals surface area contributed by atoms with Gasteiger partial charge >= 0.3 is 0 Å². The third-order valence-electron chi connectivity index (χ3n) is 19.3. The Morgan fingerprint density at radius 1 is 0.171 bits per heavy atom. The van der Waals surface area contributed by atoms with E-state index in [1.54, 1.807) is 12.3 Å². The normalized spacial score (nSPS) is 11.5. The topological polar surface area (TPSA) is 103 Å². The van der Waals surface area contributed by atoms with Crippen molar-refractivity contribution in [1.29, 1.82) is 0 Å². The Kier molecular flexibility index (Phi) is 17.1. The van der Waals surface area contributed by atoms with E-state index in [1.807, 2.05) is 140 Å². The summed E-state index contributed by atoms with van der Waals surface area (Å²) >= 11 is 30.9. The maximum Gasteiger partial charge on any atom is 0.0979 e. The SMILES string of the molecule is Clc1cc(Cl)cc(-c2cnc3c4ccccc4c4ccccc4c3n2)c1.Clc1ccc(-c2cnc3c4ccccc4c4ccccc4c3n2)cc1.Clc1cccc(-c2cnc3c4ccccc4c4ccccc4c3n2)c1.Clc1cccc2c(-c3cnc4c5ccccc5c5ccccc5c4n3)cccc12. The van der Waals surface area contributed by atoms with Crippen LogP contribution in [0.5, 0.6) is 0 Å². The molecule has 0 unspecified atom stereocenters. The number of nitrogens with zero attached hydrogens (tertiary/aromatic N) is 8. The van der Waals surface area contributed by atoms with E-state index in [4.69, 9.17) is 97.9 Å². The molecule has 105 heavy (non-hydrogen) atoms. The van der Waals surface area contributed by atoms with E-state index < -0.39 is 0 Å². The van der Waals surface area contributed by atoms with E-state index in [0.717, 1.165) is 148 Å². The van der Waals surface area contributed by atoms with Crippen LogP contribution in [0.1, 0.15) is 0 Å². The van der Waals surface area contributed by atoms with Crippen LogP contribution in [0.4, 0.5) is 0 Å². The Morgan fingerprint density at radius 3 is 0.838 bits per heavy atom. The molecule has 0 saturated heterocycles. The first-order chi connectivity index (χ1) is 51.6. The molecule has 0 atom stereocenters. The molecule has 8 nitrogen and oxygen atoms in total. The molecule has 4 aromatic heterocycles. The van der Waals surface area contributed by atoms with Gasteiger partial charge in [-0.25, -0.2) is 19.9 Å². The second kappa shape index (κ2) is 27.6. The van der Waals surface area contributed by atoms with Gasteiger partial charge in [0.25, 0.3) is 0 Å². The van der Waals surface area contributed by atoms with Crippen molar-refractivity contribution >= 4 is 199 Å². The van der Waals surface area contributed by atoms with Crippen molar-refractivity contribution in [3.63, 3.8) is 0 Å². The molecule has 0 amide bonds. The molecule has 496 valence electrons. The number of fused-ring (bicyclic) bond motifs is 25. The maximum atomic E-state index is 6.42. The highest BCUT2D eigenvalue weighted by atomic mass is 35.5. The fraction of sp³-hybridized carbons (Fsp3) is 0. The highest BCUT2D eigenvalue weighted by Crippen LogP contribution is 2.41. The lowest BCUT2D eigenvalue weighted by atomic mass is 9.98. The van der Waals surface area contributed by atoms with Crippen molar-refractivity contribution in [2.75, 3.05) is 0 Å². The second-order valence-corrected chi connectivity index (χ2v) is 27.6. The fourth-order valence-corrected chi connectivity index (χ4v) is 15.6. The Balaban J connectivity index is 0.0000000997. The number of aromatic nitrogens is 8. The van der Waals surface area contributed by atoms with E-state index in [9.17, 15) is 0 Å². The van der Waals surface area contributed by atoms with Crippen molar-refractivity contribution in [3.05, 3.63) is 347 Å². The Hall–Kier alpha value is -12.1. The molecule has 0 aliphatic rings. The lowest BCUT2D eigenvalue weighted by molar-refractivity contribution is 1.31. The third kappa shape index (κ3) is 12.1. The van der Waals surface area contributed by atoms with Gasteiger partial charge in [-0.2, -0.15) is 0 Å². The van der Waals surface area contributed by atoms with Gasteiger partial charge in [-0.1, -0.05) is 307 Å². The van der Waals surface area contributed by atoms with Crippen LogP contribution < -0.4 is 0 Å². The highest BCUT2D eigenvalue weighted by Gasteiger charge is 2.18. The summed E-state index contributed by atoms with van der Waals surface area (Å²) in [5, 5.41) is 23.9. The van der Waals surface area contributed by atoms with Crippen molar-refractivity contribution in [1.82, 2.24) is 39.9 Å². The fourth-order valence-electron chi connectivity index (χ4n) is 14.5. The van der Waals surface area contributed by atoms with Gasteiger partial charge in [0.2, 0.25) is 0 Å². The van der Waals surface area contributed by atoms with Gasteiger partial charge in [-0.05, 0) is 97.0 Å². The lowest BCUT2D eigenvalue weighted by Gasteiger charge is -2.11. The average Bonchev–Trinajstić information content (AvgIpc) is 0.762. The van der Waals surface area contributed by atoms with Gasteiger partial charge < -0.3 is 0 Å². The van der Waals surface area contributed by atoms with Crippen LogP contribution in [0, 0.1) is 0 Å². The first-order valence-electron chi connectivity index (χ1n) is 34.0. The maximum absolute atomic E-state index is 6.42. The van der Waals surface area contributed by atoms with Crippen LogP contribution in [0.15, 0.2) is 322 Å². The molecule has 0 aliphatic carbocycles. The van der Waals surface area contributed by atoms with Crippen LogP contribution in [-0.4, -0.2) is 39.9 Å². The zero-order valence-electron chi connectivity index (χ0n) is 55.6. The Labute approximate surface area is 626 Å². The minimum Gasteiger partial charge on any atom is -0.252 e. The first kappa shape index (κ1) is 65.0. The summed E-state index contributed by atoms with van der Waals surface area (Å²) in [6.07, 6.45) is 7.33. The predicted octanol–water partition coefficient (Wildman–Crippen LogP) is 26.8. The monoisotopic (exact) mass is 1440 g/mol. The quantitative estimate of drug-likeness (QED) is 0.161. The number of benzene rings is 17. The molecule has 0 bridgehead atoms. The highest BCUT2D eigenvalue weighted by molar-refractivity contribution is 6.37. The van der Waals surface area contributed by atoms with Gasteiger partial charge in [0.15, 0.2) is 0 Å². The molecule has 0 aliphatic heterocycles. The van der Waals surface area contributed by atoms with Crippen molar-refractivity contribution in [3.8, 4) is 45.0 Å². The molecule has 4 heterocycles. The van der Waals surface area contributed by atoms with Crippen molar-refractivity contribution in [2.45, 2.75) is 0 Å². The summed E-state index contributed by atoms with van der Waals surface area (Å²) in [4.78, 5) is 39.1. The minimum absolute atomic E-state index is 0.581. The van der Waals surface area contributed by atoms with Crippen molar-refractivity contribution in [2.24, 2.45) is 0 Å². The van der Waals surface area contributed by atoms with Crippen LogP contribution in [0.2, 0.25) is 25.1 Å². The lowest BCUT2D eigenvalue weighted by Crippen LogP contribution is -1.93. The smallest absolute Gasteiger partial charge is 0.0979 e. The minimum atomic E-state index is 0.581. The molecule has 0 N–H and O–H groups in total. The largest absolute Gasteiger partial charge is 0.252 e. The standard InChI is InChI=1S/C26H15ClN2.C22H12Cl2N2.2C22H13ClN2/c27-23-14-6-11-18-19(23)12-5-13-20(18)24-15-28-25-21-9-3-1-7-16(21)17-8-2-4-10-22(17)26(25)29-24;23-14-9-13(10-15(24)11-14)20-12-25-21-18-7-3-1-5-16(18)17-6-2-4-8-19(17)22(21)26-20;23-15-7-5-6-14(12-15)20-13-24-21-18-10-3-1-8-16(18)17-9-2-4-11-19(17)22(21)25-20;23-15-11-9-14(10-12-15)20-13-24-21-18-7-3-1-5-16(18)17-6-2-4-8-19(17)22(21)25-20/h1-15H;1-12H;2*1-13H. The van der Waals surface area contributed by atoms with Crippen molar-refractivity contribution < 1.29 is 0 Å². The summed E-state index contributed by atoms with van der Waals surface area (Å²) in [5.41, 5.74) is 14.5. The van der Waals surface area contributed by atoms with E-state index in [2.05, 4.69) is 170 Å². The predicted molar refractivity (Wildman–Crippen MR) is 443 cm³/mol. The second-order valence-electron chi connectivity index (χ2n) is 25.5. The van der Waals surface area contributed by atoms with Crippen LogP contribution in [0.3, 0.4) is 0 Å². The molecule has 21 aromatic rings. The van der Waals surface area contributed by atoms with E-state index in [1.165, 1.54) is 43.1 Å². The molecule has 0 saturated carbocycles. The molecule has 0 spiro atoms. The number of rotatable bonds is 4. The van der Waals surface area contributed by atoms with Gasteiger partial charge in [0.1, 0.15) is 0 Å². The summed E-state index contributed by atoms with van der Waals surface area (Å²) in [6.45, 7) is 0. The van der Waals surface area contributed by atoms with Crippen LogP contribution in [0.25, 0.3) is 186 Å². The van der Waals surface area contributed by atoms with E-state index >= 15 is 0 Å². The first-order valence-corrected chi connectivity index (χ1v) is 35.9. The molecular weight excluding hydrogens is 1390 g/mol. The van der Waals surface area contributed by atoms with Gasteiger partial charge in [-0.15, -0.1) is 0 Å². The third-order valence-corrected chi connectivity index (χ3v) is 20.5.